The minimum absolute atomic E-state index is 0.0863. The van der Waals surface area contributed by atoms with Crippen LogP contribution in [0.3, 0.4) is 0 Å². The third-order valence-electron chi connectivity index (χ3n) is 6.39. The number of rotatable bonds is 8. The van der Waals surface area contributed by atoms with E-state index in [2.05, 4.69) is 47.2 Å². The van der Waals surface area contributed by atoms with Crippen LogP contribution in [-0.2, 0) is 17.6 Å². The summed E-state index contributed by atoms with van der Waals surface area (Å²) in [5.74, 6) is -1.67. The smallest absolute Gasteiger partial charge is 0.217 e. The molecule has 3 aromatic rings. The van der Waals surface area contributed by atoms with Gasteiger partial charge in [0.25, 0.3) is 0 Å². The summed E-state index contributed by atoms with van der Waals surface area (Å²) in [5.41, 5.74) is 5.39. The Morgan fingerprint density at radius 3 is 2.62 bits per heavy atom. The summed E-state index contributed by atoms with van der Waals surface area (Å²) in [7, 11) is 0. The van der Waals surface area contributed by atoms with Crippen molar-refractivity contribution in [2.45, 2.75) is 57.7 Å². The Morgan fingerprint density at radius 1 is 1.18 bits per heavy atom. The van der Waals surface area contributed by atoms with Crippen LogP contribution in [0, 0.1) is 18.6 Å². The Kier molecular flexibility index (Phi) is 7.76. The molecule has 1 aliphatic carbocycles. The molecule has 2 aromatic carbocycles. The molecule has 0 radical (unpaired) electrons. The fourth-order valence-electron chi connectivity index (χ4n) is 4.75. The first-order chi connectivity index (χ1) is 16.3. The van der Waals surface area contributed by atoms with Crippen LogP contribution in [0.1, 0.15) is 48.1 Å². The van der Waals surface area contributed by atoms with Gasteiger partial charge in [0, 0.05) is 30.5 Å². The van der Waals surface area contributed by atoms with Crippen LogP contribution in [0.15, 0.2) is 47.8 Å². The minimum atomic E-state index is -0.927. The topological polar surface area (TPSA) is 61.4 Å². The number of fused-ring (bicyclic) bond motifs is 1. The van der Waals surface area contributed by atoms with Gasteiger partial charge in [0.05, 0.1) is 12.1 Å². The molecule has 4 rings (SSSR count). The second-order valence-electron chi connectivity index (χ2n) is 9.06. The van der Waals surface area contributed by atoms with E-state index in [-0.39, 0.29) is 24.9 Å². The number of aryl methyl sites for hydroxylation is 2. The first-order valence-electron chi connectivity index (χ1n) is 11.6. The number of aliphatic hydroxyl groups is 1. The number of nitrogens with one attached hydrogen (secondary N) is 2. The largest absolute Gasteiger partial charge is 0.390 e. The first kappa shape index (κ1) is 24.5. The third kappa shape index (κ3) is 5.90. The van der Waals surface area contributed by atoms with Gasteiger partial charge in [0.1, 0.15) is 11.6 Å². The fourth-order valence-corrected chi connectivity index (χ4v) is 5.68. The van der Waals surface area contributed by atoms with E-state index < -0.39 is 23.8 Å². The van der Waals surface area contributed by atoms with Crippen molar-refractivity contribution in [3.05, 3.63) is 81.7 Å². The predicted octanol–water partition coefficient (Wildman–Crippen LogP) is 5.08. The van der Waals surface area contributed by atoms with E-state index in [9.17, 15) is 18.7 Å². The van der Waals surface area contributed by atoms with Crippen LogP contribution < -0.4 is 10.6 Å². The zero-order valence-electron chi connectivity index (χ0n) is 19.4. The van der Waals surface area contributed by atoms with E-state index in [1.165, 1.54) is 46.2 Å². The summed E-state index contributed by atoms with van der Waals surface area (Å²) in [6, 6.07) is 11.4. The normalized spacial score (nSPS) is 17.1. The highest BCUT2D eigenvalue weighted by molar-refractivity contribution is 7.13. The Hall–Kier alpha value is -2.61. The van der Waals surface area contributed by atoms with Crippen molar-refractivity contribution in [2.24, 2.45) is 0 Å². The van der Waals surface area contributed by atoms with Crippen molar-refractivity contribution in [1.82, 2.24) is 10.6 Å². The molecule has 0 fully saturated rings. The van der Waals surface area contributed by atoms with Crippen LogP contribution in [0.2, 0.25) is 0 Å². The number of carbonyl (C=O) groups excluding carboxylic acids is 1. The molecule has 1 heterocycles. The van der Waals surface area contributed by atoms with E-state index in [4.69, 9.17) is 0 Å². The maximum atomic E-state index is 13.6. The molecule has 0 aliphatic heterocycles. The Balaban J connectivity index is 1.48. The highest BCUT2D eigenvalue weighted by atomic mass is 32.1. The lowest BCUT2D eigenvalue weighted by Gasteiger charge is -2.30. The van der Waals surface area contributed by atoms with Gasteiger partial charge >= 0.3 is 0 Å². The lowest BCUT2D eigenvalue weighted by atomic mass is 9.86. The fraction of sp³-hybridized carbons (Fsp3) is 0.370. The maximum absolute atomic E-state index is 13.6. The van der Waals surface area contributed by atoms with Crippen molar-refractivity contribution < 1.29 is 18.7 Å². The van der Waals surface area contributed by atoms with Crippen molar-refractivity contribution in [1.29, 1.82) is 0 Å². The number of amides is 1. The molecule has 3 N–H and O–H groups in total. The number of carbonyl (C=O) groups is 1. The number of aliphatic hydroxyl groups excluding tert-OH is 1. The summed E-state index contributed by atoms with van der Waals surface area (Å²) in [5, 5.41) is 19.2. The van der Waals surface area contributed by atoms with E-state index in [0.29, 0.717) is 5.56 Å². The second kappa shape index (κ2) is 10.8. The molecule has 0 bridgehead atoms. The van der Waals surface area contributed by atoms with Crippen LogP contribution in [-0.4, -0.2) is 29.7 Å². The monoisotopic (exact) mass is 484 g/mol. The number of hydrogen-bond donors (Lipinski definition) is 3. The standard InChI is InChI=1S/C27H30F2N2O2S/c1-16-8-9-34-27(16)20-7-6-19-4-3-5-24(23(19)13-20)30-15-26(33)25(31-17(2)32)12-18-10-21(28)14-22(29)11-18/h6-11,13-14,24-26,30,33H,3-5,12,15H2,1-2H3,(H,31,32)/t24-,25-,26+/m0/s1. The first-order valence-corrected chi connectivity index (χ1v) is 12.5. The molecule has 7 heteroatoms. The lowest BCUT2D eigenvalue weighted by Crippen LogP contribution is -2.48. The van der Waals surface area contributed by atoms with Gasteiger partial charge in [-0.2, -0.15) is 0 Å². The molecule has 34 heavy (non-hydrogen) atoms. The minimum Gasteiger partial charge on any atom is -0.390 e. The van der Waals surface area contributed by atoms with E-state index in [1.54, 1.807) is 11.3 Å². The number of hydrogen-bond acceptors (Lipinski definition) is 4. The molecule has 0 spiro atoms. The van der Waals surface area contributed by atoms with Crippen LogP contribution in [0.4, 0.5) is 8.78 Å². The SMILES string of the molecule is CC(=O)N[C@@H](Cc1cc(F)cc(F)c1)[C@H](O)CN[C@H]1CCCc2ccc(-c3sccc3C)cc21. The van der Waals surface area contributed by atoms with E-state index >= 15 is 0 Å². The molecule has 1 aliphatic rings. The van der Waals surface area contributed by atoms with Crippen LogP contribution >= 0.6 is 11.3 Å². The average Bonchev–Trinajstić information content (AvgIpc) is 3.21. The zero-order valence-corrected chi connectivity index (χ0v) is 20.2. The van der Waals surface area contributed by atoms with Crippen LogP contribution in [0.5, 0.6) is 0 Å². The third-order valence-corrected chi connectivity index (χ3v) is 7.45. The molecule has 0 unspecified atom stereocenters. The van der Waals surface area contributed by atoms with E-state index in [0.717, 1.165) is 25.3 Å². The average molecular weight is 485 g/mol. The summed E-state index contributed by atoms with van der Waals surface area (Å²) < 4.78 is 27.3. The predicted molar refractivity (Wildman–Crippen MR) is 132 cm³/mol. The van der Waals surface area contributed by atoms with Gasteiger partial charge in [-0.15, -0.1) is 11.3 Å². The van der Waals surface area contributed by atoms with Crippen molar-refractivity contribution in [3.8, 4) is 10.4 Å². The van der Waals surface area contributed by atoms with Crippen LogP contribution in [0.25, 0.3) is 10.4 Å². The molecule has 1 amide bonds. The zero-order chi connectivity index (χ0) is 24.2. The molecule has 3 atom stereocenters. The van der Waals surface area contributed by atoms with E-state index in [1.807, 2.05) is 0 Å². The molecule has 0 saturated carbocycles. The number of thiophene rings is 1. The second-order valence-corrected chi connectivity index (χ2v) is 9.97. The highest BCUT2D eigenvalue weighted by Crippen LogP contribution is 2.36. The lowest BCUT2D eigenvalue weighted by molar-refractivity contribution is -0.120. The van der Waals surface area contributed by atoms with Crippen molar-refractivity contribution in [3.63, 3.8) is 0 Å². The summed E-state index contributed by atoms with van der Waals surface area (Å²) in [6.45, 7) is 3.73. The Morgan fingerprint density at radius 2 is 1.94 bits per heavy atom. The Labute approximate surface area is 203 Å². The maximum Gasteiger partial charge on any atom is 0.217 e. The van der Waals surface area contributed by atoms with Gasteiger partial charge in [-0.1, -0.05) is 12.1 Å². The van der Waals surface area contributed by atoms with Gasteiger partial charge in [-0.3, -0.25) is 4.79 Å². The molecule has 4 nitrogen and oxygen atoms in total. The van der Waals surface area contributed by atoms with Gasteiger partial charge in [-0.25, -0.2) is 8.78 Å². The quantitative estimate of drug-likeness (QED) is 0.418. The highest BCUT2D eigenvalue weighted by Gasteiger charge is 2.25. The molecular weight excluding hydrogens is 454 g/mol. The number of benzene rings is 2. The summed E-state index contributed by atoms with van der Waals surface area (Å²) >= 11 is 1.73. The molecule has 180 valence electrons. The van der Waals surface area contributed by atoms with Gasteiger partial charge in [0.15, 0.2) is 0 Å². The van der Waals surface area contributed by atoms with Gasteiger partial charge in [0.2, 0.25) is 5.91 Å². The summed E-state index contributed by atoms with van der Waals surface area (Å²) in [6.07, 6.45) is 2.23. The van der Waals surface area contributed by atoms with Gasteiger partial charge in [-0.05, 0) is 90.1 Å². The molecule has 1 aromatic heterocycles. The molecular formula is C27H30F2N2O2S. The summed E-state index contributed by atoms with van der Waals surface area (Å²) in [4.78, 5) is 13.0. The Bertz CT molecular complexity index is 1140. The number of halogens is 2. The van der Waals surface area contributed by atoms with Crippen molar-refractivity contribution >= 4 is 17.2 Å². The molecule has 0 saturated heterocycles. The van der Waals surface area contributed by atoms with Crippen molar-refractivity contribution in [2.75, 3.05) is 6.54 Å². The van der Waals surface area contributed by atoms with Gasteiger partial charge < -0.3 is 15.7 Å².